The van der Waals surface area contributed by atoms with Crippen molar-refractivity contribution in [1.29, 1.82) is 0 Å². The van der Waals surface area contributed by atoms with E-state index in [9.17, 15) is 0 Å². The van der Waals surface area contributed by atoms with Crippen molar-refractivity contribution >= 4 is 0 Å². The highest BCUT2D eigenvalue weighted by molar-refractivity contribution is 5.25. The molecule has 0 N–H and O–H groups in total. The Balaban J connectivity index is 1.35. The minimum absolute atomic E-state index is 0.998. The van der Waals surface area contributed by atoms with E-state index in [4.69, 9.17) is 0 Å². The Hall–Kier alpha value is -3.28. The predicted octanol–water partition coefficient (Wildman–Crippen LogP) is 6.32. The summed E-state index contributed by atoms with van der Waals surface area (Å²) in [5.41, 5.74) is 7.02. The van der Waals surface area contributed by atoms with Gasteiger partial charge in [-0.2, -0.15) is 0 Å². The van der Waals surface area contributed by atoms with Gasteiger partial charge in [0.25, 0.3) is 0 Å². The molecule has 0 bridgehead atoms. The van der Waals surface area contributed by atoms with Crippen LogP contribution in [0.15, 0.2) is 115 Å². The van der Waals surface area contributed by atoms with E-state index in [2.05, 4.69) is 142 Å². The molecule has 1 aliphatic heterocycles. The number of nitrogens with zero attached hydrogens (tertiary/aromatic N) is 4. The molecule has 0 amide bonds. The van der Waals surface area contributed by atoms with Crippen LogP contribution in [-0.2, 0) is 26.2 Å². The van der Waals surface area contributed by atoms with Crippen molar-refractivity contribution in [2.24, 2.45) is 0 Å². The number of rotatable bonds is 8. The molecule has 4 nitrogen and oxygen atoms in total. The largest absolute Gasteiger partial charge is 0.297 e. The Morgan fingerprint density at radius 1 is 0.366 bits per heavy atom. The molecule has 0 atom stereocenters. The van der Waals surface area contributed by atoms with Gasteiger partial charge in [-0.05, 0) is 34.7 Å². The lowest BCUT2D eigenvalue weighted by molar-refractivity contribution is 0.122. The topological polar surface area (TPSA) is 13.0 Å². The summed E-state index contributed by atoms with van der Waals surface area (Å²) in [7, 11) is 0. The van der Waals surface area contributed by atoms with Gasteiger partial charge in [-0.3, -0.25) is 19.6 Å². The Morgan fingerprint density at radius 2 is 0.659 bits per heavy atom. The fraction of sp³-hybridized carbons (Fsp3) is 0.351. The van der Waals surface area contributed by atoms with Crippen molar-refractivity contribution in [1.82, 2.24) is 19.6 Å². The van der Waals surface area contributed by atoms with Gasteiger partial charge in [0.05, 0.1) is 0 Å². The number of hydrogen-bond donors (Lipinski definition) is 0. The lowest BCUT2D eigenvalue weighted by Gasteiger charge is -2.34. The molecule has 214 valence electrons. The molecule has 0 spiro atoms. The Kier molecular flexibility index (Phi) is 11.2. The summed E-state index contributed by atoms with van der Waals surface area (Å²) < 4.78 is 0. The standard InChI is InChI=1S/C37H46N4/c1-33-13-11-12-20-37(33)32-41-27-25-39(30-35-16-7-3-8-17-35)23-21-38(29-34-14-5-2-6-15-34)22-24-40(26-28-41)31-36-18-9-4-10-19-36/h2-20H,21-32H2,1H3. The third-order valence-corrected chi connectivity index (χ3v) is 8.33. The molecule has 0 aliphatic carbocycles. The highest BCUT2D eigenvalue weighted by Gasteiger charge is 2.18. The van der Waals surface area contributed by atoms with Crippen molar-refractivity contribution in [3.63, 3.8) is 0 Å². The van der Waals surface area contributed by atoms with Crippen LogP contribution in [-0.4, -0.2) is 72.0 Å². The predicted molar refractivity (Wildman–Crippen MR) is 172 cm³/mol. The number of aryl methyl sites for hydroxylation is 1. The van der Waals surface area contributed by atoms with Crippen molar-refractivity contribution in [3.05, 3.63) is 143 Å². The van der Waals surface area contributed by atoms with Gasteiger partial charge in [0.2, 0.25) is 0 Å². The maximum Gasteiger partial charge on any atom is 0.0237 e. The molecule has 41 heavy (non-hydrogen) atoms. The van der Waals surface area contributed by atoms with Crippen LogP contribution in [0.25, 0.3) is 0 Å². The second kappa shape index (κ2) is 15.6. The van der Waals surface area contributed by atoms with Gasteiger partial charge >= 0.3 is 0 Å². The van der Waals surface area contributed by atoms with Gasteiger partial charge in [0, 0.05) is 78.5 Å². The van der Waals surface area contributed by atoms with Gasteiger partial charge in [-0.1, -0.05) is 115 Å². The Bertz CT molecular complexity index is 1220. The second-order valence-electron chi connectivity index (χ2n) is 11.5. The maximum absolute atomic E-state index is 2.68. The lowest BCUT2D eigenvalue weighted by Crippen LogP contribution is -2.45. The van der Waals surface area contributed by atoms with E-state index in [1.807, 2.05) is 0 Å². The monoisotopic (exact) mass is 546 g/mol. The van der Waals surface area contributed by atoms with Crippen LogP contribution < -0.4 is 0 Å². The summed E-state index contributed by atoms with van der Waals surface area (Å²) in [5, 5.41) is 0. The van der Waals surface area contributed by atoms with Crippen molar-refractivity contribution < 1.29 is 0 Å². The van der Waals surface area contributed by atoms with Crippen LogP contribution in [0.3, 0.4) is 0 Å². The van der Waals surface area contributed by atoms with Gasteiger partial charge in [0.15, 0.2) is 0 Å². The molecule has 0 radical (unpaired) electrons. The van der Waals surface area contributed by atoms with Crippen molar-refractivity contribution in [2.75, 3.05) is 52.4 Å². The molecule has 1 aliphatic rings. The first kappa shape index (κ1) is 29.2. The molecule has 1 saturated heterocycles. The molecule has 0 aromatic heterocycles. The SMILES string of the molecule is Cc1ccccc1CN1CCN(Cc2ccccc2)CCN(Cc2ccccc2)CCN(Cc2ccccc2)CC1. The molecule has 5 rings (SSSR count). The summed E-state index contributed by atoms with van der Waals surface area (Å²) in [5.74, 6) is 0. The summed E-state index contributed by atoms with van der Waals surface area (Å²) in [6.07, 6.45) is 0. The molecule has 1 fully saturated rings. The summed E-state index contributed by atoms with van der Waals surface area (Å²) in [6.45, 7) is 14.8. The zero-order valence-electron chi connectivity index (χ0n) is 24.7. The summed E-state index contributed by atoms with van der Waals surface area (Å²) >= 11 is 0. The van der Waals surface area contributed by atoms with E-state index in [1.165, 1.54) is 27.8 Å². The fourth-order valence-corrected chi connectivity index (χ4v) is 5.76. The van der Waals surface area contributed by atoms with Crippen LogP contribution in [0, 0.1) is 6.92 Å². The maximum atomic E-state index is 2.68. The van der Waals surface area contributed by atoms with E-state index in [-0.39, 0.29) is 0 Å². The van der Waals surface area contributed by atoms with Crippen molar-refractivity contribution in [2.45, 2.75) is 33.1 Å². The number of hydrogen-bond acceptors (Lipinski definition) is 4. The normalized spacial score (nSPS) is 17.1. The Morgan fingerprint density at radius 3 is 1.00 bits per heavy atom. The van der Waals surface area contributed by atoms with Crippen LogP contribution in [0.4, 0.5) is 0 Å². The zero-order valence-corrected chi connectivity index (χ0v) is 24.7. The van der Waals surface area contributed by atoms with E-state index in [0.717, 1.165) is 78.5 Å². The first-order chi connectivity index (χ1) is 20.2. The number of benzene rings is 4. The molecule has 4 heteroatoms. The molecule has 4 aromatic carbocycles. The molecular formula is C37H46N4. The van der Waals surface area contributed by atoms with Gasteiger partial charge in [-0.15, -0.1) is 0 Å². The minimum Gasteiger partial charge on any atom is -0.297 e. The van der Waals surface area contributed by atoms with Crippen LogP contribution >= 0.6 is 0 Å². The van der Waals surface area contributed by atoms with Crippen LogP contribution in [0.2, 0.25) is 0 Å². The second-order valence-corrected chi connectivity index (χ2v) is 11.5. The third kappa shape index (κ3) is 9.65. The van der Waals surface area contributed by atoms with E-state index >= 15 is 0 Å². The fourth-order valence-electron chi connectivity index (χ4n) is 5.76. The van der Waals surface area contributed by atoms with Crippen LogP contribution in [0.1, 0.15) is 27.8 Å². The van der Waals surface area contributed by atoms with E-state index < -0.39 is 0 Å². The molecule has 4 aromatic rings. The quantitative estimate of drug-likeness (QED) is 0.257. The van der Waals surface area contributed by atoms with Crippen molar-refractivity contribution in [3.8, 4) is 0 Å². The van der Waals surface area contributed by atoms with Crippen LogP contribution in [0.5, 0.6) is 0 Å². The zero-order chi connectivity index (χ0) is 28.1. The molecule has 1 heterocycles. The molecule has 0 unspecified atom stereocenters. The summed E-state index contributed by atoms with van der Waals surface area (Å²) in [4.78, 5) is 10.7. The third-order valence-electron chi connectivity index (χ3n) is 8.33. The van der Waals surface area contributed by atoms with Gasteiger partial charge < -0.3 is 0 Å². The molecule has 0 saturated carbocycles. The highest BCUT2D eigenvalue weighted by atomic mass is 15.3. The first-order valence-electron chi connectivity index (χ1n) is 15.3. The van der Waals surface area contributed by atoms with Gasteiger partial charge in [0.1, 0.15) is 0 Å². The first-order valence-corrected chi connectivity index (χ1v) is 15.3. The summed E-state index contributed by atoms with van der Waals surface area (Å²) in [6, 6.07) is 41.8. The average Bonchev–Trinajstić information content (AvgIpc) is 3.01. The minimum atomic E-state index is 0.998. The smallest absolute Gasteiger partial charge is 0.0237 e. The van der Waals surface area contributed by atoms with E-state index in [1.54, 1.807) is 0 Å². The highest BCUT2D eigenvalue weighted by Crippen LogP contribution is 2.14. The van der Waals surface area contributed by atoms with Gasteiger partial charge in [-0.25, -0.2) is 0 Å². The lowest BCUT2D eigenvalue weighted by atomic mass is 10.1. The van der Waals surface area contributed by atoms with E-state index in [0.29, 0.717) is 0 Å². The average molecular weight is 547 g/mol. The molecular weight excluding hydrogens is 500 g/mol. The Labute approximate surface area is 247 Å².